The highest BCUT2D eigenvalue weighted by Crippen LogP contribution is 2.18. The first-order chi connectivity index (χ1) is 41.6. The van der Waals surface area contributed by atoms with Crippen LogP contribution < -0.4 is 0 Å². The number of unbranched alkanes of at least 4 members (excludes halogenated alkanes) is 38. The summed E-state index contributed by atoms with van der Waals surface area (Å²) in [5, 5.41) is 9.71. The predicted octanol–water partition coefficient (Wildman–Crippen LogP) is 25.3. The summed E-state index contributed by atoms with van der Waals surface area (Å²) in [6.07, 6.45) is 108. The van der Waals surface area contributed by atoms with Crippen molar-refractivity contribution in [1.82, 2.24) is 0 Å². The zero-order chi connectivity index (χ0) is 60.5. The normalized spacial score (nSPS) is 12.9. The molecule has 0 fully saturated rings. The maximum atomic E-state index is 12.4. The minimum atomic E-state index is -0.779. The molecule has 1 unspecified atom stereocenters. The van der Waals surface area contributed by atoms with Gasteiger partial charge in [-0.3, -0.25) is 9.59 Å². The lowest BCUT2D eigenvalue weighted by molar-refractivity contribution is -0.161. The molecular weight excluding hydrogens is 1030 g/mol. The number of aliphatic hydroxyl groups is 1. The van der Waals surface area contributed by atoms with Crippen molar-refractivity contribution in [3.05, 3.63) is 122 Å². The van der Waals surface area contributed by atoms with Crippen LogP contribution in [0.25, 0.3) is 0 Å². The van der Waals surface area contributed by atoms with Gasteiger partial charge in [-0.05, 0) is 109 Å². The minimum absolute atomic E-state index is 0.0671. The Hall–Kier alpha value is -3.70. The van der Waals surface area contributed by atoms with Gasteiger partial charge in [0.05, 0.1) is 6.61 Å². The summed E-state index contributed by atoms with van der Waals surface area (Å²) >= 11 is 0. The molecule has 0 bridgehead atoms. The molecule has 0 aromatic heterocycles. The highest BCUT2D eigenvalue weighted by atomic mass is 16.6. The SMILES string of the molecule is CC/C=C\C/C=C\C/C=C\C/C=C\C/C=C\C/C=C\C/C=C\CCCCCCCCCCCCCCCCCC(=O)OC(CO)COC(=O)CCCCCCCCCCCCCCCCCCCC/C=C\C/C=C\C/C=C\CCCCCCC. The van der Waals surface area contributed by atoms with E-state index in [-0.39, 0.29) is 25.2 Å². The summed E-state index contributed by atoms with van der Waals surface area (Å²) in [6, 6.07) is 0. The molecule has 0 spiro atoms. The largest absolute Gasteiger partial charge is 0.462 e. The van der Waals surface area contributed by atoms with Crippen LogP contribution >= 0.6 is 0 Å². The molecule has 84 heavy (non-hydrogen) atoms. The Morgan fingerprint density at radius 3 is 0.774 bits per heavy atom. The van der Waals surface area contributed by atoms with Gasteiger partial charge in [-0.2, -0.15) is 0 Å². The van der Waals surface area contributed by atoms with Gasteiger partial charge in [0.2, 0.25) is 0 Å². The van der Waals surface area contributed by atoms with E-state index in [1.165, 1.54) is 225 Å². The van der Waals surface area contributed by atoms with Crippen molar-refractivity contribution in [2.45, 2.75) is 354 Å². The van der Waals surface area contributed by atoms with E-state index in [4.69, 9.17) is 9.47 Å². The molecule has 1 atom stereocenters. The summed E-state index contributed by atoms with van der Waals surface area (Å²) in [5.74, 6) is -0.581. The fourth-order valence-electron chi connectivity index (χ4n) is 10.4. The predicted molar refractivity (Wildman–Crippen MR) is 371 cm³/mol. The molecular formula is C79H136O5. The van der Waals surface area contributed by atoms with Crippen LogP contribution in [0.3, 0.4) is 0 Å². The molecule has 0 radical (unpaired) electrons. The van der Waals surface area contributed by atoms with Gasteiger partial charge in [0.15, 0.2) is 6.10 Å². The quantitative estimate of drug-likeness (QED) is 0.0373. The fourth-order valence-corrected chi connectivity index (χ4v) is 10.4. The monoisotopic (exact) mass is 1170 g/mol. The Morgan fingerprint density at radius 2 is 0.512 bits per heavy atom. The van der Waals surface area contributed by atoms with E-state index in [2.05, 4.69) is 135 Å². The van der Waals surface area contributed by atoms with Crippen molar-refractivity contribution in [2.24, 2.45) is 0 Å². The molecule has 0 rings (SSSR count). The molecule has 0 aromatic carbocycles. The van der Waals surface area contributed by atoms with E-state index in [1.54, 1.807) is 0 Å². The lowest BCUT2D eigenvalue weighted by Gasteiger charge is -2.15. The number of carbonyl (C=O) groups is 2. The van der Waals surface area contributed by atoms with E-state index in [0.717, 1.165) is 96.3 Å². The van der Waals surface area contributed by atoms with Gasteiger partial charge >= 0.3 is 11.9 Å². The summed E-state index contributed by atoms with van der Waals surface area (Å²) in [5.41, 5.74) is 0. The average molecular weight is 1170 g/mol. The van der Waals surface area contributed by atoms with Gasteiger partial charge in [-0.15, -0.1) is 0 Å². The Labute approximate surface area is 522 Å². The van der Waals surface area contributed by atoms with Crippen LogP contribution in [0.5, 0.6) is 0 Å². The molecule has 0 aliphatic heterocycles. The van der Waals surface area contributed by atoms with Crippen molar-refractivity contribution >= 4 is 11.9 Å². The van der Waals surface area contributed by atoms with E-state index in [9.17, 15) is 14.7 Å². The second-order valence-corrected chi connectivity index (χ2v) is 23.9. The number of carbonyl (C=O) groups excluding carboxylic acids is 2. The molecule has 482 valence electrons. The number of rotatable bonds is 66. The van der Waals surface area contributed by atoms with Crippen LogP contribution in [0, 0.1) is 0 Å². The first-order valence-corrected chi connectivity index (χ1v) is 36.1. The highest BCUT2D eigenvalue weighted by Gasteiger charge is 2.16. The molecule has 0 aliphatic rings. The lowest BCUT2D eigenvalue weighted by Crippen LogP contribution is -2.28. The van der Waals surface area contributed by atoms with Crippen molar-refractivity contribution in [2.75, 3.05) is 13.2 Å². The molecule has 0 aromatic rings. The van der Waals surface area contributed by atoms with Crippen LogP contribution in [0.2, 0.25) is 0 Å². The third kappa shape index (κ3) is 70.8. The third-order valence-corrected chi connectivity index (χ3v) is 15.7. The molecule has 5 nitrogen and oxygen atoms in total. The van der Waals surface area contributed by atoms with Gasteiger partial charge in [0.25, 0.3) is 0 Å². The van der Waals surface area contributed by atoms with Crippen molar-refractivity contribution in [1.29, 1.82) is 0 Å². The summed E-state index contributed by atoms with van der Waals surface area (Å²) in [7, 11) is 0. The lowest BCUT2D eigenvalue weighted by atomic mass is 10.0. The number of hydrogen-bond acceptors (Lipinski definition) is 5. The second-order valence-electron chi connectivity index (χ2n) is 23.9. The maximum Gasteiger partial charge on any atom is 0.306 e. The Kier molecular flexibility index (Phi) is 70.3. The van der Waals surface area contributed by atoms with E-state index >= 15 is 0 Å². The van der Waals surface area contributed by atoms with Gasteiger partial charge < -0.3 is 14.6 Å². The van der Waals surface area contributed by atoms with Crippen LogP contribution in [0.15, 0.2) is 122 Å². The van der Waals surface area contributed by atoms with Crippen molar-refractivity contribution in [3.63, 3.8) is 0 Å². The van der Waals surface area contributed by atoms with E-state index in [0.29, 0.717) is 12.8 Å². The van der Waals surface area contributed by atoms with Gasteiger partial charge in [-0.1, -0.05) is 347 Å². The fraction of sp³-hybridized carbons (Fsp3) is 0.722. The average Bonchev–Trinajstić information content (AvgIpc) is 3.51. The van der Waals surface area contributed by atoms with Crippen molar-refractivity contribution < 1.29 is 24.2 Å². The van der Waals surface area contributed by atoms with Crippen LogP contribution in [0.1, 0.15) is 348 Å². The molecule has 5 heteroatoms. The molecule has 0 saturated carbocycles. The highest BCUT2D eigenvalue weighted by molar-refractivity contribution is 5.70. The summed E-state index contributed by atoms with van der Waals surface area (Å²) in [4.78, 5) is 24.7. The Bertz CT molecular complexity index is 1650. The number of hydrogen-bond donors (Lipinski definition) is 1. The minimum Gasteiger partial charge on any atom is -0.462 e. The van der Waals surface area contributed by atoms with Crippen LogP contribution in [-0.4, -0.2) is 36.4 Å². The Balaban J connectivity index is 3.46. The maximum absolute atomic E-state index is 12.4. The number of aliphatic hydroxyl groups excluding tert-OH is 1. The number of esters is 2. The van der Waals surface area contributed by atoms with Gasteiger partial charge in [0.1, 0.15) is 6.61 Å². The molecule has 0 amide bonds. The third-order valence-electron chi connectivity index (χ3n) is 15.7. The molecule has 1 N–H and O–H groups in total. The van der Waals surface area contributed by atoms with Crippen LogP contribution in [-0.2, 0) is 19.1 Å². The van der Waals surface area contributed by atoms with Crippen LogP contribution in [0.4, 0.5) is 0 Å². The standard InChI is InChI=1S/C79H136O5/c1-3-5-7-9-11-13-15-17-19-21-23-25-27-29-31-33-35-37-38-39-40-42-44-46-48-50-52-54-56-58-60-62-64-66-68-70-72-74-79(82)84-77(75-80)76-83-78(81)73-71-69-67-65-63-61-59-57-55-53-51-49-47-45-43-41-36-34-32-30-28-26-24-22-20-18-16-14-12-10-8-6-4-2/h5,7,11,13,16-19,22-25,28-31,35,37,39-40,77,80H,3-4,6,8-10,12,14-15,20-21,26-27,32-34,36,38,41-76H2,1-2H3/b7-5-,13-11-,18-16-,19-17-,24-22-,25-23-,30-28-,31-29-,37-35-,40-39-. The number of allylic oxidation sites excluding steroid dienone is 20. The number of ether oxygens (including phenoxy) is 2. The van der Waals surface area contributed by atoms with Gasteiger partial charge in [0, 0.05) is 12.8 Å². The molecule has 0 heterocycles. The molecule has 0 aliphatic carbocycles. The first kappa shape index (κ1) is 80.3. The summed E-state index contributed by atoms with van der Waals surface area (Å²) < 4.78 is 10.8. The van der Waals surface area contributed by atoms with E-state index in [1.807, 2.05) is 0 Å². The summed E-state index contributed by atoms with van der Waals surface area (Å²) in [6.45, 7) is 4.05. The van der Waals surface area contributed by atoms with E-state index < -0.39 is 6.10 Å². The van der Waals surface area contributed by atoms with Crippen molar-refractivity contribution in [3.8, 4) is 0 Å². The second kappa shape index (κ2) is 73.6. The molecule has 0 saturated heterocycles. The zero-order valence-electron chi connectivity index (χ0n) is 55.4. The topological polar surface area (TPSA) is 72.8 Å². The smallest absolute Gasteiger partial charge is 0.306 e. The zero-order valence-corrected chi connectivity index (χ0v) is 55.4. The Morgan fingerprint density at radius 1 is 0.286 bits per heavy atom. The van der Waals surface area contributed by atoms with Gasteiger partial charge in [-0.25, -0.2) is 0 Å². The first-order valence-electron chi connectivity index (χ1n) is 36.1.